The number of benzene rings is 2. The molecule has 5 nitrogen and oxygen atoms in total. The number of nitrogens with one attached hydrogen (secondary N) is 1. The number of hydrogen-bond acceptors (Lipinski definition) is 3. The van der Waals surface area contributed by atoms with E-state index < -0.39 is 0 Å². The van der Waals surface area contributed by atoms with E-state index in [1.54, 1.807) is 14.2 Å². The van der Waals surface area contributed by atoms with E-state index in [-0.39, 0.29) is 0 Å². The number of guanidine groups is 1. The topological polar surface area (TPSA) is 68.9 Å². The molecule has 2 aromatic carbocycles. The molecule has 0 fully saturated rings. The van der Waals surface area contributed by atoms with Crippen LogP contribution in [0.15, 0.2) is 53.5 Å². The predicted octanol–water partition coefficient (Wildman–Crippen LogP) is 3.06. The van der Waals surface area contributed by atoms with Crippen LogP contribution in [-0.4, -0.2) is 26.7 Å². The number of rotatable bonds is 7. The average Bonchev–Trinajstić information content (AvgIpc) is 2.59. The highest BCUT2D eigenvalue weighted by Crippen LogP contribution is 2.27. The van der Waals surface area contributed by atoms with E-state index in [9.17, 15) is 0 Å². The maximum atomic E-state index is 5.87. The first-order valence-corrected chi connectivity index (χ1v) is 7.56. The van der Waals surface area contributed by atoms with Gasteiger partial charge in [0.1, 0.15) is 0 Å². The molecule has 23 heavy (non-hydrogen) atoms. The number of aliphatic imine (C=N–C) groups is 1. The Kier molecular flexibility index (Phi) is 6.29. The van der Waals surface area contributed by atoms with Gasteiger partial charge in [-0.1, -0.05) is 24.3 Å². The van der Waals surface area contributed by atoms with E-state index in [1.165, 1.54) is 5.56 Å². The Hall–Kier alpha value is -2.69. The predicted molar refractivity (Wildman–Crippen MR) is 94.4 cm³/mol. The van der Waals surface area contributed by atoms with Crippen LogP contribution >= 0.6 is 0 Å². The van der Waals surface area contributed by atoms with Gasteiger partial charge in [-0.2, -0.15) is 0 Å². The molecule has 3 N–H and O–H groups in total. The molecule has 0 spiro atoms. The first kappa shape index (κ1) is 16.7. The first-order chi connectivity index (χ1) is 11.2. The lowest BCUT2D eigenvalue weighted by atomic mass is 10.1. The van der Waals surface area contributed by atoms with Gasteiger partial charge in [0.25, 0.3) is 0 Å². The maximum Gasteiger partial charge on any atom is 0.193 e. The molecule has 0 radical (unpaired) electrons. The van der Waals surface area contributed by atoms with E-state index in [4.69, 9.17) is 15.2 Å². The number of ether oxygens (including phenoxy) is 2. The second-order valence-electron chi connectivity index (χ2n) is 5.05. The number of nitrogens with zero attached hydrogens (tertiary/aromatic N) is 1. The lowest BCUT2D eigenvalue weighted by Gasteiger charge is -2.09. The summed E-state index contributed by atoms with van der Waals surface area (Å²) < 4.78 is 10.5. The summed E-state index contributed by atoms with van der Waals surface area (Å²) in [7, 11) is 3.27. The van der Waals surface area contributed by atoms with Crippen LogP contribution in [0.25, 0.3) is 0 Å². The van der Waals surface area contributed by atoms with Gasteiger partial charge in [0, 0.05) is 12.2 Å². The lowest BCUT2D eigenvalue weighted by Crippen LogP contribution is -2.22. The number of para-hydroxylation sites is 1. The summed E-state index contributed by atoms with van der Waals surface area (Å²) in [6, 6.07) is 15.7. The fraction of sp³-hybridized carbons (Fsp3) is 0.278. The van der Waals surface area contributed by atoms with Gasteiger partial charge in [-0.05, 0) is 42.7 Å². The maximum absolute atomic E-state index is 5.87. The number of aryl methyl sites for hydroxylation is 1. The van der Waals surface area contributed by atoms with Gasteiger partial charge in [0.05, 0.1) is 14.2 Å². The van der Waals surface area contributed by atoms with Crippen molar-refractivity contribution in [1.82, 2.24) is 0 Å². The Morgan fingerprint density at radius 2 is 1.78 bits per heavy atom. The number of nitrogens with two attached hydrogens (primary N) is 1. The van der Waals surface area contributed by atoms with Crippen molar-refractivity contribution >= 4 is 11.6 Å². The molecule has 0 unspecified atom stereocenters. The molecule has 0 saturated carbocycles. The molecule has 0 atom stereocenters. The van der Waals surface area contributed by atoms with Crippen molar-refractivity contribution < 1.29 is 9.47 Å². The Bertz CT molecular complexity index is 642. The van der Waals surface area contributed by atoms with Gasteiger partial charge in [-0.15, -0.1) is 0 Å². The Morgan fingerprint density at radius 3 is 2.48 bits per heavy atom. The van der Waals surface area contributed by atoms with Gasteiger partial charge in [-0.25, -0.2) is 0 Å². The SMILES string of the molecule is COc1ccc(CCCN=C(N)Nc2ccccc2)cc1OC. The van der Waals surface area contributed by atoms with E-state index >= 15 is 0 Å². The van der Waals surface area contributed by atoms with Gasteiger partial charge in [0.15, 0.2) is 17.5 Å². The zero-order valence-corrected chi connectivity index (χ0v) is 13.6. The number of anilines is 1. The minimum Gasteiger partial charge on any atom is -0.493 e. The van der Waals surface area contributed by atoms with Crippen molar-refractivity contribution in [2.45, 2.75) is 12.8 Å². The largest absolute Gasteiger partial charge is 0.493 e. The highest BCUT2D eigenvalue weighted by Gasteiger charge is 2.04. The molecule has 0 aliphatic carbocycles. The lowest BCUT2D eigenvalue weighted by molar-refractivity contribution is 0.354. The third-order valence-electron chi connectivity index (χ3n) is 3.40. The monoisotopic (exact) mass is 313 g/mol. The van der Waals surface area contributed by atoms with Crippen LogP contribution in [0, 0.1) is 0 Å². The molecule has 0 aromatic heterocycles. The van der Waals surface area contributed by atoms with Crippen LogP contribution in [0.2, 0.25) is 0 Å². The summed E-state index contributed by atoms with van der Waals surface area (Å²) in [5.41, 5.74) is 8.00. The molecular formula is C18H23N3O2. The van der Waals surface area contributed by atoms with Crippen LogP contribution in [0.5, 0.6) is 11.5 Å². The summed E-state index contributed by atoms with van der Waals surface area (Å²) in [5.74, 6) is 1.92. The minimum absolute atomic E-state index is 0.434. The van der Waals surface area contributed by atoms with E-state index in [0.29, 0.717) is 12.5 Å². The molecule has 5 heteroatoms. The molecule has 2 aromatic rings. The van der Waals surface area contributed by atoms with Crippen LogP contribution < -0.4 is 20.5 Å². The van der Waals surface area contributed by atoms with Crippen molar-refractivity contribution in [2.24, 2.45) is 10.7 Å². The van der Waals surface area contributed by atoms with E-state index in [0.717, 1.165) is 30.0 Å². The molecule has 122 valence electrons. The Labute approximate surface area is 137 Å². The highest BCUT2D eigenvalue weighted by atomic mass is 16.5. The van der Waals surface area contributed by atoms with Crippen LogP contribution in [0.4, 0.5) is 5.69 Å². The van der Waals surface area contributed by atoms with Gasteiger partial charge < -0.3 is 20.5 Å². The second-order valence-corrected chi connectivity index (χ2v) is 5.05. The molecular weight excluding hydrogens is 290 g/mol. The zero-order chi connectivity index (χ0) is 16.5. The fourth-order valence-electron chi connectivity index (χ4n) is 2.23. The summed E-state index contributed by atoms with van der Waals surface area (Å²) in [6.07, 6.45) is 1.81. The summed E-state index contributed by atoms with van der Waals surface area (Å²) in [4.78, 5) is 4.34. The summed E-state index contributed by atoms with van der Waals surface area (Å²) in [6.45, 7) is 0.667. The van der Waals surface area contributed by atoms with E-state index in [2.05, 4.69) is 10.3 Å². The summed E-state index contributed by atoms with van der Waals surface area (Å²) in [5, 5.41) is 3.07. The smallest absolute Gasteiger partial charge is 0.193 e. The van der Waals surface area contributed by atoms with Crippen LogP contribution in [0.3, 0.4) is 0 Å². The highest BCUT2D eigenvalue weighted by molar-refractivity contribution is 5.92. The van der Waals surface area contributed by atoms with Crippen LogP contribution in [0.1, 0.15) is 12.0 Å². The normalized spacial score (nSPS) is 11.1. The Balaban J connectivity index is 1.81. The standard InChI is InChI=1S/C18H23N3O2/c1-22-16-11-10-14(13-17(16)23-2)7-6-12-20-18(19)21-15-8-4-3-5-9-15/h3-5,8-11,13H,6-7,12H2,1-2H3,(H3,19,20,21). The molecule has 0 saturated heterocycles. The van der Waals surface area contributed by atoms with Gasteiger partial charge in [-0.3, -0.25) is 4.99 Å². The fourth-order valence-corrected chi connectivity index (χ4v) is 2.23. The third-order valence-corrected chi connectivity index (χ3v) is 3.40. The molecule has 0 bridgehead atoms. The molecule has 2 rings (SSSR count). The molecule has 0 heterocycles. The van der Waals surface area contributed by atoms with Gasteiger partial charge in [0.2, 0.25) is 0 Å². The third kappa shape index (κ3) is 5.21. The van der Waals surface area contributed by atoms with Crippen molar-refractivity contribution in [1.29, 1.82) is 0 Å². The van der Waals surface area contributed by atoms with Crippen LogP contribution in [-0.2, 0) is 6.42 Å². The van der Waals surface area contributed by atoms with Crippen molar-refractivity contribution in [3.63, 3.8) is 0 Å². The quantitative estimate of drug-likeness (QED) is 0.468. The second kappa shape index (κ2) is 8.68. The van der Waals surface area contributed by atoms with Crippen molar-refractivity contribution in [2.75, 3.05) is 26.1 Å². The zero-order valence-electron chi connectivity index (χ0n) is 13.6. The molecule has 0 amide bonds. The number of hydrogen-bond donors (Lipinski definition) is 2. The number of methoxy groups -OCH3 is 2. The van der Waals surface area contributed by atoms with E-state index in [1.807, 2.05) is 48.5 Å². The minimum atomic E-state index is 0.434. The van der Waals surface area contributed by atoms with Crippen molar-refractivity contribution in [3.05, 3.63) is 54.1 Å². The molecule has 0 aliphatic heterocycles. The molecule has 0 aliphatic rings. The van der Waals surface area contributed by atoms with Gasteiger partial charge >= 0.3 is 0 Å². The first-order valence-electron chi connectivity index (χ1n) is 7.56. The Morgan fingerprint density at radius 1 is 1.04 bits per heavy atom. The average molecular weight is 313 g/mol. The van der Waals surface area contributed by atoms with Crippen molar-refractivity contribution in [3.8, 4) is 11.5 Å². The summed E-state index contributed by atoms with van der Waals surface area (Å²) >= 11 is 0.